The predicted molar refractivity (Wildman–Crippen MR) is 191 cm³/mol. The lowest BCUT2D eigenvalue weighted by Gasteiger charge is -2.16. The van der Waals surface area contributed by atoms with Gasteiger partial charge in [0, 0.05) is 13.0 Å². The molecule has 1 unspecified atom stereocenters. The molecule has 4 nitrogen and oxygen atoms in total. The largest absolute Gasteiger partial charge is 0.457 e. The van der Waals surface area contributed by atoms with Crippen LogP contribution >= 0.6 is 0 Å². The van der Waals surface area contributed by atoms with Crippen LogP contribution in [0.1, 0.15) is 174 Å². The molecular weight excluding hydrogens is 544 g/mol. The van der Waals surface area contributed by atoms with Crippen molar-refractivity contribution in [2.45, 2.75) is 180 Å². The van der Waals surface area contributed by atoms with Gasteiger partial charge in [-0.2, -0.15) is 0 Å². The fourth-order valence-electron chi connectivity index (χ4n) is 5.14. The molecule has 1 N–H and O–H groups in total. The zero-order chi connectivity index (χ0) is 32.0. The Morgan fingerprint density at radius 2 is 1.02 bits per heavy atom. The molecule has 0 saturated heterocycles. The Labute approximate surface area is 273 Å². The molecule has 0 bridgehead atoms. The topological polar surface area (TPSA) is 55.8 Å². The van der Waals surface area contributed by atoms with Gasteiger partial charge in [0.15, 0.2) is 0 Å². The van der Waals surface area contributed by atoms with Crippen molar-refractivity contribution in [2.24, 2.45) is 0 Å². The van der Waals surface area contributed by atoms with Gasteiger partial charge >= 0.3 is 5.97 Å². The molecule has 0 aromatic carbocycles. The number of aliphatic hydroxyl groups excluding tert-OH is 1. The maximum atomic E-state index is 12.0. The van der Waals surface area contributed by atoms with Crippen molar-refractivity contribution in [3.8, 4) is 0 Å². The zero-order valence-corrected chi connectivity index (χ0v) is 29.2. The van der Waals surface area contributed by atoms with Crippen molar-refractivity contribution in [1.82, 2.24) is 0 Å². The van der Waals surface area contributed by atoms with Gasteiger partial charge in [0.25, 0.3) is 0 Å². The maximum absolute atomic E-state index is 12.0. The zero-order valence-electron chi connectivity index (χ0n) is 29.2. The van der Waals surface area contributed by atoms with Crippen LogP contribution in [-0.4, -0.2) is 37.0 Å². The van der Waals surface area contributed by atoms with E-state index in [1.54, 1.807) is 0 Å². The van der Waals surface area contributed by atoms with Crippen LogP contribution in [0.5, 0.6) is 0 Å². The first kappa shape index (κ1) is 42.3. The van der Waals surface area contributed by atoms with E-state index in [0.717, 1.165) is 44.9 Å². The molecule has 4 heteroatoms. The summed E-state index contributed by atoms with van der Waals surface area (Å²) in [4.78, 5) is 12.0. The van der Waals surface area contributed by atoms with Crippen molar-refractivity contribution in [3.63, 3.8) is 0 Å². The molecule has 256 valence electrons. The van der Waals surface area contributed by atoms with E-state index in [0.29, 0.717) is 19.6 Å². The smallest absolute Gasteiger partial charge is 0.306 e. The molecule has 0 fully saturated rings. The van der Waals surface area contributed by atoms with E-state index in [4.69, 9.17) is 9.47 Å². The van der Waals surface area contributed by atoms with Gasteiger partial charge in [0.1, 0.15) is 6.10 Å². The van der Waals surface area contributed by atoms with Crippen molar-refractivity contribution in [2.75, 3.05) is 19.8 Å². The Bertz CT molecular complexity index is 693. The highest BCUT2D eigenvalue weighted by Gasteiger charge is 2.13. The van der Waals surface area contributed by atoms with Crippen LogP contribution in [0.15, 0.2) is 48.6 Å². The second-order valence-electron chi connectivity index (χ2n) is 12.3. The van der Waals surface area contributed by atoms with Crippen LogP contribution in [0.3, 0.4) is 0 Å². The SMILES string of the molecule is CC/C=C\C/C=C\C/C=C\C/C=C\CCCCCCCCCCCCCOCC(CO)OC(=O)CCCCCCCCCC. The molecule has 0 spiro atoms. The molecule has 0 aromatic heterocycles. The van der Waals surface area contributed by atoms with Gasteiger partial charge in [-0.15, -0.1) is 0 Å². The molecule has 0 aliphatic rings. The summed E-state index contributed by atoms with van der Waals surface area (Å²) in [7, 11) is 0. The minimum absolute atomic E-state index is 0.172. The van der Waals surface area contributed by atoms with Crippen molar-refractivity contribution >= 4 is 5.97 Å². The number of aliphatic hydroxyl groups is 1. The molecule has 0 rings (SSSR count). The molecule has 0 heterocycles. The summed E-state index contributed by atoms with van der Waals surface area (Å²) in [6.07, 6.45) is 47.4. The molecule has 0 amide bonds. The fourth-order valence-corrected chi connectivity index (χ4v) is 5.14. The molecule has 1 atom stereocenters. The second kappa shape index (κ2) is 37.5. The van der Waals surface area contributed by atoms with Crippen LogP contribution in [0.4, 0.5) is 0 Å². The normalized spacial score (nSPS) is 12.9. The average molecular weight is 617 g/mol. The van der Waals surface area contributed by atoms with Crippen LogP contribution in [0.25, 0.3) is 0 Å². The lowest BCUT2D eigenvalue weighted by atomic mass is 10.1. The Hall–Kier alpha value is -1.65. The maximum Gasteiger partial charge on any atom is 0.306 e. The summed E-state index contributed by atoms with van der Waals surface area (Å²) >= 11 is 0. The minimum Gasteiger partial charge on any atom is -0.457 e. The van der Waals surface area contributed by atoms with E-state index in [9.17, 15) is 9.90 Å². The summed E-state index contributed by atoms with van der Waals surface area (Å²) < 4.78 is 11.1. The molecule has 0 aliphatic carbocycles. The predicted octanol–water partition coefficient (Wildman–Crippen LogP) is 11.9. The lowest BCUT2D eigenvalue weighted by Crippen LogP contribution is -2.27. The van der Waals surface area contributed by atoms with Crippen LogP contribution in [0.2, 0.25) is 0 Å². The van der Waals surface area contributed by atoms with Gasteiger partial charge in [-0.3, -0.25) is 4.79 Å². The lowest BCUT2D eigenvalue weighted by molar-refractivity contribution is -0.154. The van der Waals surface area contributed by atoms with Gasteiger partial charge in [-0.05, 0) is 51.4 Å². The summed E-state index contributed by atoms with van der Waals surface area (Å²) in [6, 6.07) is 0. The van der Waals surface area contributed by atoms with E-state index < -0.39 is 6.10 Å². The van der Waals surface area contributed by atoms with Crippen molar-refractivity contribution < 1.29 is 19.4 Å². The highest BCUT2D eigenvalue weighted by Crippen LogP contribution is 2.13. The third-order valence-electron chi connectivity index (χ3n) is 7.92. The number of allylic oxidation sites excluding steroid dienone is 8. The number of esters is 1. The third kappa shape index (κ3) is 34.8. The van der Waals surface area contributed by atoms with Gasteiger partial charge in [0.05, 0.1) is 13.2 Å². The fraction of sp³-hybridized carbons (Fsp3) is 0.775. The Balaban J connectivity index is 3.40. The first-order valence-corrected chi connectivity index (χ1v) is 18.7. The van der Waals surface area contributed by atoms with E-state index >= 15 is 0 Å². The molecule has 0 saturated carbocycles. The van der Waals surface area contributed by atoms with Crippen molar-refractivity contribution in [1.29, 1.82) is 0 Å². The Morgan fingerprint density at radius 1 is 0.568 bits per heavy atom. The Morgan fingerprint density at radius 3 is 1.55 bits per heavy atom. The standard InChI is InChI=1S/C40H72O4/c1-3-5-7-9-11-13-14-15-16-17-18-19-20-21-22-23-24-25-26-27-28-30-32-34-36-43-38-39(37-41)44-40(42)35-33-31-29-12-10-8-6-4-2/h5,7,11,13,15-16,18-19,39,41H,3-4,6,8-10,12,14,17,20-38H2,1-2H3/b7-5-,13-11-,16-15-,19-18-. The average Bonchev–Trinajstić information content (AvgIpc) is 3.03. The number of hydrogen-bond acceptors (Lipinski definition) is 4. The third-order valence-corrected chi connectivity index (χ3v) is 7.92. The number of rotatable bonds is 34. The number of ether oxygens (including phenoxy) is 2. The van der Waals surface area contributed by atoms with Crippen LogP contribution in [0, 0.1) is 0 Å². The van der Waals surface area contributed by atoms with E-state index in [-0.39, 0.29) is 12.6 Å². The first-order valence-electron chi connectivity index (χ1n) is 18.7. The highest BCUT2D eigenvalue weighted by molar-refractivity contribution is 5.69. The van der Waals surface area contributed by atoms with Crippen LogP contribution in [-0.2, 0) is 14.3 Å². The Kier molecular flexibility index (Phi) is 36.1. The summed E-state index contributed by atoms with van der Waals surface area (Å²) in [6.45, 7) is 5.20. The van der Waals surface area contributed by atoms with E-state index in [1.807, 2.05) is 0 Å². The van der Waals surface area contributed by atoms with Gasteiger partial charge in [0.2, 0.25) is 0 Å². The van der Waals surface area contributed by atoms with Gasteiger partial charge in [-0.1, -0.05) is 165 Å². The van der Waals surface area contributed by atoms with E-state index in [1.165, 1.54) is 109 Å². The number of unbranched alkanes of at least 4 members (excludes halogenated alkanes) is 18. The first-order chi connectivity index (χ1) is 21.7. The van der Waals surface area contributed by atoms with Gasteiger partial charge < -0.3 is 14.6 Å². The van der Waals surface area contributed by atoms with Crippen molar-refractivity contribution in [3.05, 3.63) is 48.6 Å². The molecule has 0 radical (unpaired) electrons. The summed E-state index contributed by atoms with van der Waals surface area (Å²) in [5.74, 6) is -0.208. The second-order valence-corrected chi connectivity index (χ2v) is 12.3. The molecule has 0 aromatic rings. The number of carbonyl (C=O) groups excluding carboxylic acids is 1. The minimum atomic E-state index is -0.531. The number of hydrogen-bond donors (Lipinski definition) is 1. The summed E-state index contributed by atoms with van der Waals surface area (Å²) in [5.41, 5.74) is 0. The van der Waals surface area contributed by atoms with E-state index in [2.05, 4.69) is 62.5 Å². The molecule has 44 heavy (non-hydrogen) atoms. The highest BCUT2D eigenvalue weighted by atomic mass is 16.6. The van der Waals surface area contributed by atoms with Crippen LogP contribution < -0.4 is 0 Å². The molecular formula is C40H72O4. The number of carbonyl (C=O) groups is 1. The summed E-state index contributed by atoms with van der Waals surface area (Å²) in [5, 5.41) is 9.52. The van der Waals surface area contributed by atoms with Gasteiger partial charge in [-0.25, -0.2) is 0 Å². The molecule has 0 aliphatic heterocycles. The monoisotopic (exact) mass is 617 g/mol. The quantitative estimate of drug-likeness (QED) is 0.0444.